The molecule has 0 heterocycles. The molecule has 122 valence electrons. The van der Waals surface area contributed by atoms with Gasteiger partial charge in [-0.05, 0) is 59.7 Å². The Kier molecular flexibility index (Phi) is 5.06. The standard InChI is InChI=1S/C20H17F2NO/c21-17-6-4-15(5-7-17)14-24-20-3-1-2-16(12-20)13-23-19-10-8-18(22)9-11-19/h1-12,23H,13-14H2. The number of anilines is 1. The molecule has 3 aromatic carbocycles. The van der Waals surface area contributed by atoms with Crippen LogP contribution in [0, 0.1) is 11.6 Å². The van der Waals surface area contributed by atoms with Gasteiger partial charge in [0.05, 0.1) is 0 Å². The highest BCUT2D eigenvalue weighted by molar-refractivity contribution is 5.44. The second-order valence-corrected chi connectivity index (χ2v) is 5.42. The third kappa shape index (κ3) is 4.56. The molecule has 4 heteroatoms. The summed E-state index contributed by atoms with van der Waals surface area (Å²) in [6.07, 6.45) is 0. The summed E-state index contributed by atoms with van der Waals surface area (Å²) in [6, 6.07) is 20.2. The second kappa shape index (κ2) is 7.59. The number of hydrogen-bond donors (Lipinski definition) is 1. The summed E-state index contributed by atoms with van der Waals surface area (Å²) >= 11 is 0. The normalized spacial score (nSPS) is 10.4. The van der Waals surface area contributed by atoms with Gasteiger partial charge < -0.3 is 10.1 Å². The number of benzene rings is 3. The van der Waals surface area contributed by atoms with Crippen molar-refractivity contribution in [3.05, 3.63) is 95.6 Å². The molecule has 0 bridgehead atoms. The molecule has 0 aliphatic carbocycles. The Morgan fingerprint density at radius 1 is 0.750 bits per heavy atom. The van der Waals surface area contributed by atoms with Crippen LogP contribution in [0.4, 0.5) is 14.5 Å². The van der Waals surface area contributed by atoms with Crippen molar-refractivity contribution in [2.24, 2.45) is 0 Å². The number of nitrogens with one attached hydrogen (secondary N) is 1. The zero-order chi connectivity index (χ0) is 16.8. The van der Waals surface area contributed by atoms with Gasteiger partial charge in [-0.1, -0.05) is 24.3 Å². The van der Waals surface area contributed by atoms with E-state index in [0.29, 0.717) is 13.2 Å². The zero-order valence-corrected chi connectivity index (χ0v) is 13.0. The average molecular weight is 325 g/mol. The average Bonchev–Trinajstić information content (AvgIpc) is 2.61. The van der Waals surface area contributed by atoms with Crippen molar-refractivity contribution in [1.29, 1.82) is 0 Å². The topological polar surface area (TPSA) is 21.3 Å². The van der Waals surface area contributed by atoms with E-state index in [4.69, 9.17) is 4.74 Å². The Bertz CT molecular complexity index is 721. The summed E-state index contributed by atoms with van der Waals surface area (Å²) in [5, 5.41) is 3.23. The SMILES string of the molecule is Fc1ccc(COc2cccc(CNc3ccc(F)cc3)c2)cc1. The molecule has 0 aromatic heterocycles. The number of hydrogen-bond acceptors (Lipinski definition) is 2. The van der Waals surface area contributed by atoms with Crippen LogP contribution in [0.25, 0.3) is 0 Å². The monoisotopic (exact) mass is 325 g/mol. The van der Waals surface area contributed by atoms with Crippen molar-refractivity contribution in [2.45, 2.75) is 13.2 Å². The van der Waals surface area contributed by atoms with E-state index in [0.717, 1.165) is 22.6 Å². The maximum atomic E-state index is 12.9. The Morgan fingerprint density at radius 2 is 1.42 bits per heavy atom. The molecule has 0 amide bonds. The largest absolute Gasteiger partial charge is 0.489 e. The van der Waals surface area contributed by atoms with E-state index in [9.17, 15) is 8.78 Å². The van der Waals surface area contributed by atoms with E-state index in [1.807, 2.05) is 24.3 Å². The molecular weight excluding hydrogens is 308 g/mol. The summed E-state index contributed by atoms with van der Waals surface area (Å²) in [6.45, 7) is 0.995. The van der Waals surface area contributed by atoms with Crippen molar-refractivity contribution in [3.63, 3.8) is 0 Å². The number of halogens is 2. The summed E-state index contributed by atoms with van der Waals surface area (Å²) in [5.74, 6) is 0.238. The number of rotatable bonds is 6. The zero-order valence-electron chi connectivity index (χ0n) is 13.0. The fourth-order valence-electron chi connectivity index (χ4n) is 2.26. The predicted molar refractivity (Wildman–Crippen MR) is 90.9 cm³/mol. The predicted octanol–water partition coefficient (Wildman–Crippen LogP) is 5.16. The molecule has 0 saturated carbocycles. The highest BCUT2D eigenvalue weighted by atomic mass is 19.1. The van der Waals surface area contributed by atoms with E-state index in [1.165, 1.54) is 24.3 Å². The lowest BCUT2D eigenvalue weighted by Gasteiger charge is -2.10. The fraction of sp³-hybridized carbons (Fsp3) is 0.100. The van der Waals surface area contributed by atoms with Gasteiger partial charge in [-0.2, -0.15) is 0 Å². The first kappa shape index (κ1) is 16.0. The molecule has 1 N–H and O–H groups in total. The summed E-state index contributed by atoms with van der Waals surface area (Å²) in [5.41, 5.74) is 2.82. The quantitative estimate of drug-likeness (QED) is 0.676. The highest BCUT2D eigenvalue weighted by Crippen LogP contribution is 2.17. The molecule has 0 aliphatic heterocycles. The lowest BCUT2D eigenvalue weighted by molar-refractivity contribution is 0.306. The van der Waals surface area contributed by atoms with Crippen molar-refractivity contribution >= 4 is 5.69 Å². The van der Waals surface area contributed by atoms with Crippen LogP contribution >= 0.6 is 0 Å². The molecule has 3 rings (SSSR count). The van der Waals surface area contributed by atoms with Gasteiger partial charge in [-0.15, -0.1) is 0 Å². The van der Waals surface area contributed by atoms with Crippen LogP contribution < -0.4 is 10.1 Å². The molecule has 0 radical (unpaired) electrons. The van der Waals surface area contributed by atoms with Crippen LogP contribution in [-0.2, 0) is 13.2 Å². The van der Waals surface area contributed by atoms with Crippen molar-refractivity contribution < 1.29 is 13.5 Å². The molecule has 0 unspecified atom stereocenters. The van der Waals surface area contributed by atoms with Crippen molar-refractivity contribution in [1.82, 2.24) is 0 Å². The fourth-order valence-corrected chi connectivity index (χ4v) is 2.26. The summed E-state index contributed by atoms with van der Waals surface area (Å²) < 4.78 is 31.5. The van der Waals surface area contributed by atoms with Crippen LogP contribution in [0.2, 0.25) is 0 Å². The van der Waals surface area contributed by atoms with Crippen LogP contribution in [-0.4, -0.2) is 0 Å². The minimum atomic E-state index is -0.257. The van der Waals surface area contributed by atoms with Gasteiger partial charge in [0.15, 0.2) is 0 Å². The van der Waals surface area contributed by atoms with E-state index in [1.54, 1.807) is 24.3 Å². The van der Waals surface area contributed by atoms with Gasteiger partial charge >= 0.3 is 0 Å². The lowest BCUT2D eigenvalue weighted by Crippen LogP contribution is -2.00. The first-order valence-electron chi connectivity index (χ1n) is 7.65. The Balaban J connectivity index is 1.57. The van der Waals surface area contributed by atoms with Gasteiger partial charge in [0.25, 0.3) is 0 Å². The Labute approximate surface area is 139 Å². The van der Waals surface area contributed by atoms with E-state index in [-0.39, 0.29) is 11.6 Å². The first-order valence-corrected chi connectivity index (χ1v) is 7.65. The minimum Gasteiger partial charge on any atom is -0.489 e. The van der Waals surface area contributed by atoms with E-state index in [2.05, 4.69) is 5.32 Å². The van der Waals surface area contributed by atoms with Crippen LogP contribution in [0.1, 0.15) is 11.1 Å². The maximum Gasteiger partial charge on any atom is 0.123 e. The maximum absolute atomic E-state index is 12.9. The molecular formula is C20H17F2NO. The lowest BCUT2D eigenvalue weighted by atomic mass is 10.2. The summed E-state index contributed by atoms with van der Waals surface area (Å²) in [7, 11) is 0. The Hall–Kier alpha value is -2.88. The van der Waals surface area contributed by atoms with Crippen molar-refractivity contribution in [2.75, 3.05) is 5.32 Å². The molecule has 3 aromatic rings. The van der Waals surface area contributed by atoms with Gasteiger partial charge in [-0.25, -0.2) is 8.78 Å². The summed E-state index contributed by atoms with van der Waals surface area (Å²) in [4.78, 5) is 0. The Morgan fingerprint density at radius 3 is 2.12 bits per heavy atom. The molecule has 2 nitrogen and oxygen atoms in total. The smallest absolute Gasteiger partial charge is 0.123 e. The van der Waals surface area contributed by atoms with Crippen LogP contribution in [0.15, 0.2) is 72.8 Å². The van der Waals surface area contributed by atoms with Crippen molar-refractivity contribution in [3.8, 4) is 5.75 Å². The van der Waals surface area contributed by atoms with E-state index < -0.39 is 0 Å². The van der Waals surface area contributed by atoms with E-state index >= 15 is 0 Å². The molecule has 0 saturated heterocycles. The first-order chi connectivity index (χ1) is 11.7. The van der Waals surface area contributed by atoms with Crippen LogP contribution in [0.3, 0.4) is 0 Å². The van der Waals surface area contributed by atoms with Crippen LogP contribution in [0.5, 0.6) is 5.75 Å². The third-order valence-electron chi connectivity index (χ3n) is 3.56. The van der Waals surface area contributed by atoms with Gasteiger partial charge in [-0.3, -0.25) is 0 Å². The molecule has 0 atom stereocenters. The second-order valence-electron chi connectivity index (χ2n) is 5.42. The molecule has 0 fully saturated rings. The van der Waals surface area contributed by atoms with Gasteiger partial charge in [0.2, 0.25) is 0 Å². The molecule has 24 heavy (non-hydrogen) atoms. The third-order valence-corrected chi connectivity index (χ3v) is 3.56. The highest BCUT2D eigenvalue weighted by Gasteiger charge is 2.00. The van der Waals surface area contributed by atoms with Gasteiger partial charge in [0.1, 0.15) is 24.0 Å². The van der Waals surface area contributed by atoms with Gasteiger partial charge in [0, 0.05) is 12.2 Å². The molecule has 0 aliphatic rings. The molecule has 0 spiro atoms. The minimum absolute atomic E-state index is 0.253. The number of ether oxygens (including phenoxy) is 1.